The van der Waals surface area contributed by atoms with E-state index in [2.05, 4.69) is 9.53 Å². The molecule has 8 atom stereocenters. The predicted octanol–water partition coefficient (Wildman–Crippen LogP) is 1.42. The van der Waals surface area contributed by atoms with E-state index in [1.165, 1.54) is 14.2 Å². The monoisotopic (exact) mass is 872 g/mol. The van der Waals surface area contributed by atoms with Gasteiger partial charge >= 0.3 is 23.6 Å². The zero-order chi connectivity index (χ0) is 41.0. The maximum atomic E-state index is 14.8. The van der Waals surface area contributed by atoms with Crippen molar-refractivity contribution in [2.24, 2.45) is 14.3 Å². The number of nitrogens with zero attached hydrogens (tertiary/aromatic N) is 9. The third-order valence-electron chi connectivity index (χ3n) is 10.7. The molecule has 0 aromatic rings. The van der Waals surface area contributed by atoms with Gasteiger partial charge in [0.15, 0.2) is 0 Å². The molecule has 0 amide bonds. The largest absolute Gasteiger partial charge is 0.556 e. The second-order valence-electron chi connectivity index (χ2n) is 14.8. The summed E-state index contributed by atoms with van der Waals surface area (Å²) in [6.45, 7) is 4.44. The van der Waals surface area contributed by atoms with Crippen LogP contribution in [-0.4, -0.2) is 224 Å². The van der Waals surface area contributed by atoms with Crippen molar-refractivity contribution in [2.75, 3.05) is 135 Å². The van der Waals surface area contributed by atoms with E-state index in [1.807, 2.05) is 71.7 Å². The molecule has 6 aliphatic heterocycles. The summed E-state index contributed by atoms with van der Waals surface area (Å²) in [5.74, 6) is 1.56. The van der Waals surface area contributed by atoms with E-state index in [9.17, 15) is 14.2 Å². The van der Waals surface area contributed by atoms with Gasteiger partial charge in [0.05, 0.1) is 46.2 Å². The maximum Gasteiger partial charge on any atom is 0.556 e. The number of aliphatic hydroxyl groups is 1. The van der Waals surface area contributed by atoms with Crippen molar-refractivity contribution in [3.63, 3.8) is 0 Å². The van der Waals surface area contributed by atoms with Crippen molar-refractivity contribution in [2.45, 2.75) is 55.9 Å². The van der Waals surface area contributed by atoms with Crippen molar-refractivity contribution in [1.82, 2.24) is 29.4 Å². The highest BCUT2D eigenvalue weighted by molar-refractivity contribution is 7.60. The summed E-state index contributed by atoms with van der Waals surface area (Å²) in [7, 11) is 2.49. The Bertz CT molecular complexity index is 1530. The van der Waals surface area contributed by atoms with Gasteiger partial charge in [-0.05, 0) is 0 Å². The van der Waals surface area contributed by atoms with Crippen molar-refractivity contribution in [1.29, 1.82) is 0 Å². The van der Waals surface area contributed by atoms with Crippen LogP contribution in [0.5, 0.6) is 0 Å². The minimum absolute atomic E-state index is 0.193. The molecule has 8 unspecified atom stereocenters. The van der Waals surface area contributed by atoms with Gasteiger partial charge in [0.2, 0.25) is 17.9 Å². The smallest absolute Gasteiger partial charge is 0.394 e. The zero-order valence-corrected chi connectivity index (χ0v) is 37.0. The van der Waals surface area contributed by atoms with Crippen LogP contribution in [0.2, 0.25) is 0 Å². The Morgan fingerprint density at radius 2 is 0.982 bits per heavy atom. The van der Waals surface area contributed by atoms with Crippen LogP contribution >= 0.6 is 23.6 Å². The molecule has 0 spiro atoms. The molecule has 0 aromatic carbocycles. The second kappa shape index (κ2) is 19.3. The standard InChI is InChI=1S/C32H61N9O13P3/c1-36-12-13-37(2)30(36)33-55(43,52-24-9-18-47-27(24)21-42)50-22-28-25(10-19-48-28)53-56(44,34-31-38(3)14-15-39(31)4)51-23-29-26(11-20-49-29)54-57(45-7,46-8)35-32-40(5)16-17-41(32)6/h24-29,42H,9-23H2,1-8H3/q+1. The zero-order valence-electron chi connectivity index (χ0n) is 34.3. The van der Waals surface area contributed by atoms with Gasteiger partial charge in [0.1, 0.15) is 24.4 Å². The van der Waals surface area contributed by atoms with Crippen LogP contribution in [0.15, 0.2) is 14.3 Å². The summed E-state index contributed by atoms with van der Waals surface area (Å²) in [6.07, 6.45) is -3.06. The topological polar surface area (TPSA) is 203 Å². The normalized spacial score (nSPS) is 30.6. The van der Waals surface area contributed by atoms with Gasteiger partial charge in [-0.25, -0.2) is 9.13 Å². The lowest BCUT2D eigenvalue weighted by Crippen LogP contribution is -2.33. The molecular weight excluding hydrogens is 811 g/mol. The van der Waals surface area contributed by atoms with Crippen LogP contribution in [0.25, 0.3) is 0 Å². The first-order valence-electron chi connectivity index (χ1n) is 19.3. The molecule has 0 radical (unpaired) electrons. The van der Waals surface area contributed by atoms with Crippen molar-refractivity contribution in [3.05, 3.63) is 0 Å². The number of rotatable bonds is 18. The summed E-state index contributed by atoms with van der Waals surface area (Å²) in [5, 5.41) is 9.84. The van der Waals surface area contributed by atoms with E-state index in [0.29, 0.717) is 76.5 Å². The minimum Gasteiger partial charge on any atom is -0.394 e. The second-order valence-corrected chi connectivity index (χ2v) is 20.1. The molecule has 6 aliphatic rings. The van der Waals surface area contributed by atoms with Gasteiger partial charge < -0.3 is 48.7 Å². The van der Waals surface area contributed by atoms with Crippen LogP contribution in [0, 0.1) is 0 Å². The number of hydrogen-bond acceptors (Lipinski definition) is 14. The molecular formula is C32H61N9O13P3+. The van der Waals surface area contributed by atoms with Gasteiger partial charge in [-0.15, -0.1) is 9.53 Å². The Labute approximate surface area is 336 Å². The maximum absolute atomic E-state index is 14.8. The first-order chi connectivity index (χ1) is 27.2. The Kier molecular flexibility index (Phi) is 15.2. The summed E-state index contributed by atoms with van der Waals surface area (Å²) in [4.78, 5) is 11.4. The quantitative estimate of drug-likeness (QED) is 0.194. The predicted molar refractivity (Wildman–Crippen MR) is 211 cm³/mol. The highest BCUT2D eigenvalue weighted by atomic mass is 31.2. The van der Waals surface area contributed by atoms with Gasteiger partial charge in [0, 0.05) is 125 Å². The van der Waals surface area contributed by atoms with E-state index in [0.717, 1.165) is 13.1 Å². The summed E-state index contributed by atoms with van der Waals surface area (Å²) >= 11 is 0. The van der Waals surface area contributed by atoms with E-state index in [4.69, 9.17) is 50.6 Å². The van der Waals surface area contributed by atoms with E-state index in [-0.39, 0.29) is 26.4 Å². The van der Waals surface area contributed by atoms with Gasteiger partial charge in [0.25, 0.3) is 0 Å². The Morgan fingerprint density at radius 3 is 1.40 bits per heavy atom. The summed E-state index contributed by atoms with van der Waals surface area (Å²) < 4.78 is 103. The number of aliphatic hydroxyl groups excluding tert-OH is 1. The third-order valence-corrected chi connectivity index (χ3v) is 15.5. The molecule has 6 heterocycles. The molecule has 57 heavy (non-hydrogen) atoms. The molecule has 0 aromatic heterocycles. The van der Waals surface area contributed by atoms with Gasteiger partial charge in [-0.1, -0.05) is 0 Å². The molecule has 25 heteroatoms. The first kappa shape index (κ1) is 44.8. The lowest BCUT2D eigenvalue weighted by Gasteiger charge is -2.27. The molecule has 6 rings (SSSR count). The third kappa shape index (κ3) is 10.8. The van der Waals surface area contributed by atoms with Crippen LogP contribution in [0.3, 0.4) is 0 Å². The van der Waals surface area contributed by atoms with Gasteiger partial charge in [-0.2, -0.15) is 13.6 Å². The SMILES string of the molecule is CO[P+](N=C1N(C)CCN1C)(OC)OC1CCOC1COP(=O)(N=C1N(C)CCN1C)OC1CCOC1COP(=O)(N=C1N(C)CCN1C)OC1CCOC1CO. The van der Waals surface area contributed by atoms with Crippen LogP contribution in [0.4, 0.5) is 0 Å². The number of ether oxygens (including phenoxy) is 3. The molecule has 0 saturated carbocycles. The lowest BCUT2D eigenvalue weighted by atomic mass is 10.2. The number of hydrogen-bond donors (Lipinski definition) is 1. The number of likely N-dealkylation sites (N-methyl/N-ethyl adjacent to an activating group) is 6. The van der Waals surface area contributed by atoms with Crippen LogP contribution in [-0.2, 0) is 55.0 Å². The Balaban J connectivity index is 1.18. The summed E-state index contributed by atoms with van der Waals surface area (Å²) in [5.41, 5.74) is 0. The fourth-order valence-electron chi connectivity index (χ4n) is 7.17. The highest BCUT2D eigenvalue weighted by Gasteiger charge is 2.53. The first-order valence-corrected chi connectivity index (χ1v) is 23.8. The fraction of sp³-hybridized carbons (Fsp3) is 0.906. The van der Waals surface area contributed by atoms with Crippen molar-refractivity contribution >= 4 is 41.5 Å². The van der Waals surface area contributed by atoms with E-state index >= 15 is 0 Å². The molecule has 6 fully saturated rings. The Morgan fingerprint density at radius 1 is 0.614 bits per heavy atom. The molecule has 0 aliphatic carbocycles. The number of guanidine groups is 3. The molecule has 0 bridgehead atoms. The average Bonchev–Trinajstić information content (AvgIpc) is 4.07. The Hall–Kier alpha value is -1.74. The van der Waals surface area contributed by atoms with Crippen LogP contribution < -0.4 is 0 Å². The van der Waals surface area contributed by atoms with Crippen LogP contribution in [0.1, 0.15) is 19.3 Å². The molecule has 326 valence electrons. The highest BCUT2D eigenvalue weighted by Crippen LogP contribution is 2.65. The van der Waals surface area contributed by atoms with E-state index in [1.54, 1.807) is 0 Å². The van der Waals surface area contributed by atoms with Gasteiger partial charge in [-0.3, -0.25) is 18.1 Å². The lowest BCUT2D eigenvalue weighted by molar-refractivity contribution is -0.0136. The molecule has 1 N–H and O–H groups in total. The fourth-order valence-corrected chi connectivity index (χ4v) is 12.0. The molecule has 22 nitrogen and oxygen atoms in total. The summed E-state index contributed by atoms with van der Waals surface area (Å²) in [6, 6.07) is 0. The minimum atomic E-state index is -4.30. The van der Waals surface area contributed by atoms with Crippen molar-refractivity contribution < 1.29 is 60.1 Å². The molecule has 6 saturated heterocycles. The van der Waals surface area contributed by atoms with Crippen molar-refractivity contribution in [3.8, 4) is 0 Å². The van der Waals surface area contributed by atoms with E-state index < -0.39 is 60.2 Å². The average molecular weight is 873 g/mol.